The highest BCUT2D eigenvalue weighted by Crippen LogP contribution is 2.12. The van der Waals surface area contributed by atoms with Crippen molar-refractivity contribution >= 4 is 12.2 Å². The lowest BCUT2D eigenvalue weighted by Crippen LogP contribution is -1.73. The van der Waals surface area contributed by atoms with Crippen molar-refractivity contribution < 1.29 is 0 Å². The maximum Gasteiger partial charge on any atom is 0.0449 e. The second-order valence-corrected chi connectivity index (χ2v) is 3.23. The van der Waals surface area contributed by atoms with Crippen LogP contribution in [0.25, 0.3) is 12.2 Å². The summed E-state index contributed by atoms with van der Waals surface area (Å²) in [5.74, 6) is 0. The zero-order valence-corrected chi connectivity index (χ0v) is 13.7. The van der Waals surface area contributed by atoms with Crippen molar-refractivity contribution in [2.75, 3.05) is 0 Å². The number of hydrogen-bond acceptors (Lipinski definition) is 0. The normalized spacial score (nSPS) is 8.22. The summed E-state index contributed by atoms with van der Waals surface area (Å²) in [6, 6.07) is 2.11. The molecule has 1 N–H and O–H groups in total. The van der Waals surface area contributed by atoms with Gasteiger partial charge in [-0.25, -0.2) is 0 Å². The number of hydrogen-bond donors (Lipinski definition) is 1. The van der Waals surface area contributed by atoms with Crippen LogP contribution in [0.15, 0.2) is 18.7 Å². The molecule has 0 bridgehead atoms. The van der Waals surface area contributed by atoms with Crippen LogP contribution in [0.1, 0.15) is 71.8 Å². The van der Waals surface area contributed by atoms with Crippen LogP contribution in [0.3, 0.4) is 0 Å². The zero-order chi connectivity index (χ0) is 15.0. The summed E-state index contributed by atoms with van der Waals surface area (Å²) >= 11 is 0. The molecule has 0 saturated carbocycles. The summed E-state index contributed by atoms with van der Waals surface area (Å²) in [6.45, 7) is 20.0. The van der Waals surface area contributed by atoms with E-state index in [9.17, 15) is 0 Å². The minimum Gasteiger partial charge on any atom is -0.359 e. The van der Waals surface area contributed by atoms with E-state index in [1.807, 2.05) is 53.7 Å². The molecular weight excluding hydrogens is 218 g/mol. The highest BCUT2D eigenvalue weighted by atomic mass is 14.7. The van der Waals surface area contributed by atoms with Gasteiger partial charge >= 0.3 is 0 Å². The predicted molar refractivity (Wildman–Crippen MR) is 89.0 cm³/mol. The summed E-state index contributed by atoms with van der Waals surface area (Å²) in [6.07, 6.45) is 7.18. The van der Waals surface area contributed by atoms with Crippen LogP contribution in [0.2, 0.25) is 0 Å². The van der Waals surface area contributed by atoms with Crippen molar-refractivity contribution in [3.63, 3.8) is 0 Å². The van der Waals surface area contributed by atoms with Crippen molar-refractivity contribution in [1.29, 1.82) is 0 Å². The van der Waals surface area contributed by atoms with E-state index < -0.39 is 0 Å². The van der Waals surface area contributed by atoms with Crippen LogP contribution < -0.4 is 0 Å². The first-order chi connectivity index (χ1) is 8.69. The smallest absolute Gasteiger partial charge is 0.0449 e. The third-order valence-electron chi connectivity index (χ3n) is 1.57. The maximum atomic E-state index is 3.72. The largest absolute Gasteiger partial charge is 0.359 e. The van der Waals surface area contributed by atoms with Crippen LogP contribution in [-0.2, 0) is 0 Å². The first kappa shape index (κ1) is 22.0. The highest BCUT2D eigenvalue weighted by Gasteiger charge is 1.97. The van der Waals surface area contributed by atoms with E-state index >= 15 is 0 Å². The second-order valence-electron chi connectivity index (χ2n) is 3.23. The highest BCUT2D eigenvalue weighted by molar-refractivity contribution is 5.62. The molecule has 0 atom stereocenters. The number of aryl methyl sites for hydroxylation is 1. The number of rotatable bonds is 2. The third-order valence-corrected chi connectivity index (χ3v) is 1.57. The molecule has 0 aromatic carbocycles. The molecule has 0 saturated heterocycles. The minimum atomic E-state index is 1.10. The zero-order valence-electron chi connectivity index (χ0n) is 13.7. The Balaban J connectivity index is -0.000000274. The van der Waals surface area contributed by atoms with Gasteiger partial charge in [-0.05, 0) is 31.6 Å². The average molecular weight is 251 g/mol. The van der Waals surface area contributed by atoms with Gasteiger partial charge in [0.25, 0.3) is 0 Å². The number of H-pyrrole nitrogens is 1. The molecule has 0 aliphatic carbocycles. The fourth-order valence-corrected chi connectivity index (χ4v) is 1.12. The standard InChI is InChI=1S/C10H13N.C3H8.2C2H6/c1-4-6-9-7-8(3)11-10(9)5-2;1-3-2;2*1-2/h4-7,11H,2H2,1,3H3;3H2,1-2H3;2*1-2H3/b6-4-;;;. The van der Waals surface area contributed by atoms with Crippen LogP contribution in [-0.4, -0.2) is 4.98 Å². The van der Waals surface area contributed by atoms with Gasteiger partial charge < -0.3 is 4.98 Å². The third kappa shape index (κ3) is 11.3. The van der Waals surface area contributed by atoms with Gasteiger partial charge in [0.15, 0.2) is 0 Å². The Morgan fingerprint density at radius 1 is 1.17 bits per heavy atom. The maximum absolute atomic E-state index is 3.72. The molecule has 0 spiro atoms. The number of aromatic nitrogens is 1. The van der Waals surface area contributed by atoms with Gasteiger partial charge in [0, 0.05) is 11.4 Å². The molecule has 1 aromatic rings. The summed E-state index contributed by atoms with van der Waals surface area (Å²) in [4.78, 5) is 3.21. The van der Waals surface area contributed by atoms with E-state index in [1.165, 1.54) is 17.7 Å². The fourth-order valence-electron chi connectivity index (χ4n) is 1.12. The van der Waals surface area contributed by atoms with Gasteiger partial charge in [0.1, 0.15) is 0 Å². The Bertz CT molecular complexity index is 293. The number of allylic oxidation sites excluding steroid dienone is 1. The molecule has 0 unspecified atom stereocenters. The van der Waals surface area contributed by atoms with Crippen LogP contribution in [0.4, 0.5) is 0 Å². The summed E-state index contributed by atoms with van der Waals surface area (Å²) < 4.78 is 0. The van der Waals surface area contributed by atoms with E-state index in [-0.39, 0.29) is 0 Å². The van der Waals surface area contributed by atoms with E-state index in [0.29, 0.717) is 0 Å². The topological polar surface area (TPSA) is 15.8 Å². The van der Waals surface area contributed by atoms with Crippen molar-refractivity contribution in [3.05, 3.63) is 35.7 Å². The monoisotopic (exact) mass is 251 g/mol. The molecule has 1 aromatic heterocycles. The Labute approximate surface area is 115 Å². The molecular formula is C17H33N. The fraction of sp³-hybridized carbons (Fsp3) is 0.529. The molecule has 1 heterocycles. The lowest BCUT2D eigenvalue weighted by atomic mass is 10.2. The van der Waals surface area contributed by atoms with E-state index in [0.717, 1.165) is 5.69 Å². The Hall–Kier alpha value is -1.24. The lowest BCUT2D eigenvalue weighted by Gasteiger charge is -1.88. The predicted octanol–water partition coefficient (Wildman–Crippen LogP) is 6.47. The van der Waals surface area contributed by atoms with Crippen molar-refractivity contribution in [3.8, 4) is 0 Å². The van der Waals surface area contributed by atoms with E-state index in [2.05, 4.69) is 37.6 Å². The van der Waals surface area contributed by atoms with E-state index in [1.54, 1.807) is 0 Å². The molecule has 0 amide bonds. The summed E-state index contributed by atoms with van der Waals surface area (Å²) in [7, 11) is 0. The Kier molecular flexibility index (Phi) is 22.1. The Morgan fingerprint density at radius 2 is 1.61 bits per heavy atom. The summed E-state index contributed by atoms with van der Waals surface area (Å²) in [5, 5.41) is 0. The molecule has 106 valence electrons. The first-order valence-electron chi connectivity index (χ1n) is 7.14. The lowest BCUT2D eigenvalue weighted by molar-refractivity contribution is 1.09. The molecule has 0 radical (unpaired) electrons. The number of aromatic amines is 1. The van der Waals surface area contributed by atoms with Crippen LogP contribution in [0.5, 0.6) is 0 Å². The van der Waals surface area contributed by atoms with Crippen LogP contribution in [0, 0.1) is 6.92 Å². The van der Waals surface area contributed by atoms with Gasteiger partial charge in [0.05, 0.1) is 0 Å². The van der Waals surface area contributed by atoms with Crippen molar-refractivity contribution in [2.24, 2.45) is 0 Å². The second kappa shape index (κ2) is 18.1. The average Bonchev–Trinajstić information content (AvgIpc) is 2.76. The Morgan fingerprint density at radius 3 is 1.94 bits per heavy atom. The van der Waals surface area contributed by atoms with Gasteiger partial charge in [-0.15, -0.1) is 0 Å². The molecule has 0 aliphatic rings. The first-order valence-corrected chi connectivity index (χ1v) is 7.14. The van der Waals surface area contributed by atoms with Gasteiger partial charge in [-0.3, -0.25) is 0 Å². The van der Waals surface area contributed by atoms with E-state index in [4.69, 9.17) is 0 Å². The van der Waals surface area contributed by atoms with Crippen LogP contribution >= 0.6 is 0 Å². The minimum absolute atomic E-state index is 1.10. The molecule has 1 nitrogen and oxygen atoms in total. The molecule has 0 fully saturated rings. The van der Waals surface area contributed by atoms with Gasteiger partial charge in [0.2, 0.25) is 0 Å². The van der Waals surface area contributed by atoms with Crippen molar-refractivity contribution in [2.45, 2.75) is 61.8 Å². The molecule has 18 heavy (non-hydrogen) atoms. The molecule has 1 heteroatoms. The number of nitrogens with one attached hydrogen (secondary N) is 1. The van der Waals surface area contributed by atoms with Crippen molar-refractivity contribution in [1.82, 2.24) is 4.98 Å². The molecule has 1 rings (SSSR count). The van der Waals surface area contributed by atoms with Gasteiger partial charge in [-0.1, -0.05) is 66.7 Å². The quantitative estimate of drug-likeness (QED) is 0.620. The summed E-state index contributed by atoms with van der Waals surface area (Å²) in [5.41, 5.74) is 3.48. The molecule has 0 aliphatic heterocycles. The SMILES string of the molecule is C=Cc1[nH]c(C)cc1/C=C\C.CC.CC.CCC. The van der Waals surface area contributed by atoms with Gasteiger partial charge in [-0.2, -0.15) is 0 Å².